The third-order valence-electron chi connectivity index (χ3n) is 3.57. The molecule has 1 amide bonds. The van der Waals surface area contributed by atoms with E-state index in [2.05, 4.69) is 20.4 Å². The van der Waals surface area contributed by atoms with Crippen LogP contribution >= 0.6 is 0 Å². The largest absolute Gasteiger partial charge is 0.480 e. The monoisotopic (exact) mass is 332 g/mol. The molecule has 0 saturated heterocycles. The van der Waals surface area contributed by atoms with Gasteiger partial charge in [0.05, 0.1) is 0 Å². The SMILES string of the molecule is CCCC(C)(NC(=O)CCc1nc(-c2ccccn2)no1)C(=O)O. The summed E-state index contributed by atoms with van der Waals surface area (Å²) in [4.78, 5) is 31.6. The van der Waals surface area contributed by atoms with Crippen LogP contribution in [0, 0.1) is 0 Å². The Hall–Kier alpha value is -2.77. The second-order valence-corrected chi connectivity index (χ2v) is 5.66. The van der Waals surface area contributed by atoms with Crippen LogP contribution in [0.25, 0.3) is 11.5 Å². The van der Waals surface area contributed by atoms with Crippen molar-refractivity contribution in [2.45, 2.75) is 45.1 Å². The first-order valence-electron chi connectivity index (χ1n) is 7.73. The van der Waals surface area contributed by atoms with Gasteiger partial charge in [-0.25, -0.2) is 4.79 Å². The molecule has 0 aliphatic rings. The minimum atomic E-state index is -1.26. The maximum atomic E-state index is 12.0. The van der Waals surface area contributed by atoms with Gasteiger partial charge in [0.15, 0.2) is 0 Å². The van der Waals surface area contributed by atoms with Crippen LogP contribution in [0.15, 0.2) is 28.9 Å². The van der Waals surface area contributed by atoms with Crippen molar-refractivity contribution in [2.75, 3.05) is 0 Å². The van der Waals surface area contributed by atoms with Crippen molar-refractivity contribution in [1.82, 2.24) is 20.4 Å². The van der Waals surface area contributed by atoms with E-state index in [1.54, 1.807) is 18.3 Å². The normalized spacial score (nSPS) is 13.2. The van der Waals surface area contributed by atoms with Crippen LogP contribution in [0.3, 0.4) is 0 Å². The molecular formula is C16H20N4O4. The highest BCUT2D eigenvalue weighted by atomic mass is 16.5. The Bertz CT molecular complexity index is 701. The minimum absolute atomic E-state index is 0.0659. The average molecular weight is 332 g/mol. The molecule has 1 unspecified atom stereocenters. The Morgan fingerprint density at radius 3 is 2.79 bits per heavy atom. The summed E-state index contributed by atoms with van der Waals surface area (Å²) in [6, 6.07) is 5.35. The lowest BCUT2D eigenvalue weighted by Gasteiger charge is -2.25. The van der Waals surface area contributed by atoms with E-state index in [0.717, 1.165) is 0 Å². The van der Waals surface area contributed by atoms with Crippen LogP contribution < -0.4 is 5.32 Å². The van der Waals surface area contributed by atoms with Gasteiger partial charge in [0.25, 0.3) is 0 Å². The Kier molecular flexibility index (Phi) is 5.62. The Balaban J connectivity index is 1.93. The Morgan fingerprint density at radius 1 is 1.38 bits per heavy atom. The zero-order valence-corrected chi connectivity index (χ0v) is 13.7. The highest BCUT2D eigenvalue weighted by molar-refractivity contribution is 5.86. The van der Waals surface area contributed by atoms with E-state index in [1.807, 2.05) is 13.0 Å². The lowest BCUT2D eigenvalue weighted by molar-refractivity contribution is -0.147. The molecule has 2 aromatic rings. The lowest BCUT2D eigenvalue weighted by atomic mass is 9.96. The van der Waals surface area contributed by atoms with Gasteiger partial charge in [0.2, 0.25) is 17.6 Å². The number of aromatic nitrogens is 3. The van der Waals surface area contributed by atoms with E-state index in [0.29, 0.717) is 30.3 Å². The Morgan fingerprint density at radius 2 is 2.17 bits per heavy atom. The molecule has 128 valence electrons. The van der Waals surface area contributed by atoms with E-state index in [4.69, 9.17) is 4.52 Å². The van der Waals surface area contributed by atoms with Crippen LogP contribution in [0.1, 0.15) is 39.0 Å². The molecule has 8 nitrogen and oxygen atoms in total. The van der Waals surface area contributed by atoms with Crippen molar-refractivity contribution in [3.8, 4) is 11.5 Å². The molecule has 0 fully saturated rings. The number of carbonyl (C=O) groups is 2. The maximum absolute atomic E-state index is 12.0. The number of nitrogens with zero attached hydrogens (tertiary/aromatic N) is 3. The van der Waals surface area contributed by atoms with Gasteiger partial charge in [-0.05, 0) is 25.5 Å². The van der Waals surface area contributed by atoms with Gasteiger partial charge in [0, 0.05) is 19.0 Å². The first-order chi connectivity index (χ1) is 11.4. The summed E-state index contributed by atoms with van der Waals surface area (Å²) in [5.74, 6) is -0.760. The number of carboxylic acid groups (broad SMARTS) is 1. The van der Waals surface area contributed by atoms with Crippen LogP contribution in [-0.2, 0) is 16.0 Å². The van der Waals surface area contributed by atoms with Crippen LogP contribution in [0.4, 0.5) is 0 Å². The molecular weight excluding hydrogens is 312 g/mol. The summed E-state index contributed by atoms with van der Waals surface area (Å²) in [5, 5.41) is 15.6. The third-order valence-corrected chi connectivity index (χ3v) is 3.57. The molecule has 8 heteroatoms. The fraction of sp³-hybridized carbons (Fsp3) is 0.438. The number of pyridine rings is 1. The number of aliphatic carboxylic acids is 1. The molecule has 24 heavy (non-hydrogen) atoms. The van der Waals surface area contributed by atoms with Gasteiger partial charge >= 0.3 is 5.97 Å². The van der Waals surface area contributed by atoms with Crippen molar-refractivity contribution in [3.63, 3.8) is 0 Å². The van der Waals surface area contributed by atoms with E-state index >= 15 is 0 Å². The standard InChI is InChI=1S/C16H20N4O4/c1-3-9-16(2,15(22)23)19-12(21)7-8-13-18-14(20-24-13)11-6-4-5-10-17-11/h4-6,10H,3,7-9H2,1-2H3,(H,19,21)(H,22,23). The molecule has 2 aromatic heterocycles. The van der Waals surface area contributed by atoms with Crippen molar-refractivity contribution in [2.24, 2.45) is 0 Å². The fourth-order valence-electron chi connectivity index (χ4n) is 2.27. The number of carbonyl (C=O) groups excluding carboxylic acids is 1. The zero-order chi connectivity index (χ0) is 17.6. The highest BCUT2D eigenvalue weighted by Crippen LogP contribution is 2.15. The van der Waals surface area contributed by atoms with Gasteiger partial charge < -0.3 is 14.9 Å². The van der Waals surface area contributed by atoms with E-state index in [-0.39, 0.29) is 18.7 Å². The zero-order valence-electron chi connectivity index (χ0n) is 13.7. The maximum Gasteiger partial charge on any atom is 0.329 e. The lowest BCUT2D eigenvalue weighted by Crippen LogP contribution is -2.52. The first-order valence-corrected chi connectivity index (χ1v) is 7.73. The quantitative estimate of drug-likeness (QED) is 0.757. The fourth-order valence-corrected chi connectivity index (χ4v) is 2.27. The molecule has 0 spiro atoms. The van der Waals surface area contributed by atoms with Gasteiger partial charge in [0.1, 0.15) is 11.2 Å². The van der Waals surface area contributed by atoms with Crippen LogP contribution in [0.2, 0.25) is 0 Å². The number of carboxylic acids is 1. The molecule has 0 aromatic carbocycles. The second-order valence-electron chi connectivity index (χ2n) is 5.66. The van der Waals surface area contributed by atoms with Gasteiger partial charge in [-0.2, -0.15) is 4.98 Å². The summed E-state index contributed by atoms with van der Waals surface area (Å²) < 4.78 is 5.10. The summed E-state index contributed by atoms with van der Waals surface area (Å²) in [6.45, 7) is 3.37. The van der Waals surface area contributed by atoms with Crippen molar-refractivity contribution in [3.05, 3.63) is 30.3 Å². The smallest absolute Gasteiger partial charge is 0.329 e. The van der Waals surface area contributed by atoms with Gasteiger partial charge in [-0.1, -0.05) is 24.6 Å². The average Bonchev–Trinajstić information content (AvgIpc) is 3.03. The number of aryl methyl sites for hydroxylation is 1. The van der Waals surface area contributed by atoms with Crippen molar-refractivity contribution < 1.29 is 19.2 Å². The van der Waals surface area contributed by atoms with Crippen molar-refractivity contribution in [1.29, 1.82) is 0 Å². The van der Waals surface area contributed by atoms with Crippen molar-refractivity contribution >= 4 is 11.9 Å². The molecule has 2 heterocycles. The van der Waals surface area contributed by atoms with E-state index < -0.39 is 11.5 Å². The predicted molar refractivity (Wildman–Crippen MR) is 84.9 cm³/mol. The Labute approximate surface area is 139 Å². The number of amides is 1. The summed E-state index contributed by atoms with van der Waals surface area (Å²) in [5.41, 5.74) is -0.682. The van der Waals surface area contributed by atoms with E-state index in [9.17, 15) is 14.7 Å². The number of hydrogen-bond donors (Lipinski definition) is 2. The molecule has 0 saturated carbocycles. The predicted octanol–water partition coefficient (Wildman–Crippen LogP) is 1.82. The summed E-state index contributed by atoms with van der Waals surface area (Å²) >= 11 is 0. The van der Waals surface area contributed by atoms with Crippen LogP contribution in [-0.4, -0.2) is 37.6 Å². The minimum Gasteiger partial charge on any atom is -0.480 e. The van der Waals surface area contributed by atoms with E-state index in [1.165, 1.54) is 6.92 Å². The topological polar surface area (TPSA) is 118 Å². The number of rotatable bonds is 8. The summed E-state index contributed by atoms with van der Waals surface area (Å²) in [6.07, 6.45) is 2.93. The van der Waals surface area contributed by atoms with Crippen LogP contribution in [0.5, 0.6) is 0 Å². The molecule has 0 bridgehead atoms. The first kappa shape index (κ1) is 17.6. The van der Waals surface area contributed by atoms with Gasteiger partial charge in [-0.3, -0.25) is 9.78 Å². The molecule has 2 N–H and O–H groups in total. The van der Waals surface area contributed by atoms with Gasteiger partial charge in [-0.15, -0.1) is 0 Å². The molecule has 0 aliphatic heterocycles. The number of hydrogen-bond acceptors (Lipinski definition) is 6. The third kappa shape index (κ3) is 4.37. The summed E-state index contributed by atoms with van der Waals surface area (Å²) in [7, 11) is 0. The highest BCUT2D eigenvalue weighted by Gasteiger charge is 2.33. The molecule has 0 aliphatic carbocycles. The number of nitrogens with one attached hydrogen (secondary N) is 1. The second kappa shape index (κ2) is 7.67. The molecule has 2 rings (SSSR count). The molecule has 1 atom stereocenters. The molecule has 0 radical (unpaired) electrons.